The van der Waals surface area contributed by atoms with Gasteiger partial charge in [0.2, 0.25) is 0 Å². The molecule has 1 aliphatic rings. The summed E-state index contributed by atoms with van der Waals surface area (Å²) in [5.41, 5.74) is 2.16. The molecule has 7 nitrogen and oxygen atoms in total. The number of carbonyl (C=O) groups excluding carboxylic acids is 1. The highest BCUT2D eigenvalue weighted by Crippen LogP contribution is 2.31. The molecule has 1 aromatic heterocycles. The van der Waals surface area contributed by atoms with E-state index in [0.717, 1.165) is 36.2 Å². The van der Waals surface area contributed by atoms with Crippen LogP contribution in [0.4, 0.5) is 15.0 Å². The smallest absolute Gasteiger partial charge is 0.321 e. The summed E-state index contributed by atoms with van der Waals surface area (Å²) < 4.78 is 15.0. The molecule has 0 saturated heterocycles. The lowest BCUT2D eigenvalue weighted by Crippen LogP contribution is -2.48. The topological polar surface area (TPSA) is 99.4 Å². The van der Waals surface area contributed by atoms with E-state index in [2.05, 4.69) is 15.7 Å². The van der Waals surface area contributed by atoms with Gasteiger partial charge in [0, 0.05) is 11.3 Å². The van der Waals surface area contributed by atoms with Gasteiger partial charge in [-0.15, -0.1) is 5.10 Å². The Morgan fingerprint density at radius 3 is 2.70 bits per heavy atom. The van der Waals surface area contributed by atoms with Gasteiger partial charge in [-0.1, -0.05) is 12.1 Å². The van der Waals surface area contributed by atoms with Crippen LogP contribution in [0.15, 0.2) is 48.5 Å². The van der Waals surface area contributed by atoms with Crippen molar-refractivity contribution in [1.29, 1.82) is 0 Å². The maximum Gasteiger partial charge on any atom is 0.321 e. The Labute approximate surface area is 173 Å². The standard InChI is InChI=1S/C22H23FN4O3/c1-22(13-28,14-4-2-5-17(29)12-14)25-21(30)24-20-18-6-3-7-19(18)27(26-20)16-10-8-15(23)9-11-16/h2,4-5,8-12,28-29H,3,6-7,13H2,1H3,(H2,24,25,26,30). The van der Waals surface area contributed by atoms with Crippen LogP contribution >= 0.6 is 0 Å². The van der Waals surface area contributed by atoms with E-state index in [0.29, 0.717) is 11.4 Å². The van der Waals surface area contributed by atoms with E-state index in [1.165, 1.54) is 24.3 Å². The first-order valence-electron chi connectivity index (χ1n) is 9.76. The number of phenols is 1. The number of fused-ring (bicyclic) bond motifs is 1. The van der Waals surface area contributed by atoms with Crippen LogP contribution in [-0.2, 0) is 18.4 Å². The molecule has 4 N–H and O–H groups in total. The molecular weight excluding hydrogens is 387 g/mol. The molecule has 0 spiro atoms. The lowest BCUT2D eigenvalue weighted by Gasteiger charge is -2.29. The van der Waals surface area contributed by atoms with E-state index in [9.17, 15) is 19.4 Å². The molecule has 0 saturated carbocycles. The fraction of sp³-hybridized carbons (Fsp3) is 0.273. The highest BCUT2D eigenvalue weighted by Gasteiger charge is 2.30. The summed E-state index contributed by atoms with van der Waals surface area (Å²) in [4.78, 5) is 12.7. The number of halogens is 1. The number of hydrogen-bond acceptors (Lipinski definition) is 4. The first kappa shape index (κ1) is 19.9. The van der Waals surface area contributed by atoms with E-state index < -0.39 is 11.6 Å². The number of aromatic nitrogens is 2. The van der Waals surface area contributed by atoms with Gasteiger partial charge in [0.15, 0.2) is 5.82 Å². The molecule has 156 valence electrons. The van der Waals surface area contributed by atoms with Crippen molar-refractivity contribution in [2.75, 3.05) is 11.9 Å². The fourth-order valence-electron chi connectivity index (χ4n) is 3.78. The van der Waals surface area contributed by atoms with Gasteiger partial charge in [0.25, 0.3) is 0 Å². The molecule has 1 aliphatic carbocycles. The van der Waals surface area contributed by atoms with Gasteiger partial charge in [0.05, 0.1) is 17.8 Å². The second kappa shape index (κ2) is 7.79. The highest BCUT2D eigenvalue weighted by atomic mass is 19.1. The number of phenolic OH excluding ortho intramolecular Hbond substituents is 1. The quantitative estimate of drug-likeness (QED) is 0.519. The van der Waals surface area contributed by atoms with Crippen LogP contribution in [0.1, 0.15) is 30.2 Å². The van der Waals surface area contributed by atoms with Crippen LogP contribution in [-0.4, -0.2) is 32.6 Å². The average molecular weight is 410 g/mol. The highest BCUT2D eigenvalue weighted by molar-refractivity contribution is 5.90. The number of hydrogen-bond donors (Lipinski definition) is 4. The van der Waals surface area contributed by atoms with Crippen LogP contribution in [0.25, 0.3) is 5.69 Å². The lowest BCUT2D eigenvalue weighted by molar-refractivity contribution is 0.176. The van der Waals surface area contributed by atoms with Gasteiger partial charge >= 0.3 is 6.03 Å². The monoisotopic (exact) mass is 410 g/mol. The predicted octanol–water partition coefficient (Wildman–Crippen LogP) is 3.23. The number of nitrogens with zero attached hydrogens (tertiary/aromatic N) is 2. The lowest BCUT2D eigenvalue weighted by atomic mass is 9.93. The van der Waals surface area contributed by atoms with E-state index in [1.807, 2.05) is 0 Å². The zero-order valence-electron chi connectivity index (χ0n) is 16.5. The molecule has 0 bridgehead atoms. The van der Waals surface area contributed by atoms with Crippen molar-refractivity contribution < 1.29 is 19.4 Å². The number of amides is 2. The summed E-state index contributed by atoms with van der Waals surface area (Å²) in [5.74, 6) is 0.168. The molecule has 2 aromatic carbocycles. The van der Waals surface area contributed by atoms with E-state index >= 15 is 0 Å². The molecule has 1 atom stereocenters. The number of aliphatic hydroxyl groups excluding tert-OH is 1. The first-order valence-corrected chi connectivity index (χ1v) is 9.76. The van der Waals surface area contributed by atoms with E-state index in [4.69, 9.17) is 0 Å². The first-order chi connectivity index (χ1) is 14.4. The Bertz CT molecular complexity index is 1080. The SMILES string of the molecule is CC(CO)(NC(=O)Nc1nn(-c2ccc(F)cc2)c2c1CCC2)c1cccc(O)c1. The molecule has 2 amide bonds. The van der Waals surface area contributed by atoms with Crippen LogP contribution in [0.5, 0.6) is 5.75 Å². The summed E-state index contributed by atoms with van der Waals surface area (Å²) in [5, 5.41) is 29.7. The molecule has 0 fully saturated rings. The molecule has 4 rings (SSSR count). The van der Waals surface area contributed by atoms with Crippen LogP contribution in [0, 0.1) is 5.82 Å². The molecule has 0 radical (unpaired) electrons. The molecule has 30 heavy (non-hydrogen) atoms. The van der Waals surface area contributed by atoms with Gasteiger partial charge in [-0.25, -0.2) is 13.9 Å². The Kier molecular flexibility index (Phi) is 5.17. The number of urea groups is 1. The number of rotatable bonds is 5. The van der Waals surface area contributed by atoms with Gasteiger partial charge in [-0.05, 0) is 68.1 Å². The Morgan fingerprint density at radius 2 is 2.00 bits per heavy atom. The minimum atomic E-state index is -1.09. The number of carbonyl (C=O) groups is 1. The Balaban J connectivity index is 1.58. The number of anilines is 1. The third kappa shape index (κ3) is 3.73. The number of benzene rings is 2. The van der Waals surface area contributed by atoms with Gasteiger partial charge in [-0.2, -0.15) is 0 Å². The maximum absolute atomic E-state index is 13.3. The van der Waals surface area contributed by atoms with Crippen molar-refractivity contribution in [3.63, 3.8) is 0 Å². The summed E-state index contributed by atoms with van der Waals surface area (Å²) in [6.45, 7) is 1.31. The normalized spacial score (nSPS) is 14.8. The maximum atomic E-state index is 13.3. The number of aliphatic hydroxyl groups is 1. The van der Waals surface area contributed by atoms with E-state index in [1.54, 1.807) is 35.9 Å². The van der Waals surface area contributed by atoms with E-state index in [-0.39, 0.29) is 18.2 Å². The summed E-state index contributed by atoms with van der Waals surface area (Å²) >= 11 is 0. The number of nitrogens with one attached hydrogen (secondary N) is 2. The summed E-state index contributed by atoms with van der Waals surface area (Å²) in [7, 11) is 0. The number of aromatic hydroxyl groups is 1. The largest absolute Gasteiger partial charge is 0.508 e. The van der Waals surface area contributed by atoms with Crippen molar-refractivity contribution in [3.05, 3.63) is 71.2 Å². The van der Waals surface area contributed by atoms with Crippen molar-refractivity contribution in [1.82, 2.24) is 15.1 Å². The zero-order valence-corrected chi connectivity index (χ0v) is 16.5. The third-order valence-corrected chi connectivity index (χ3v) is 5.42. The zero-order chi connectivity index (χ0) is 21.3. The van der Waals surface area contributed by atoms with Crippen molar-refractivity contribution in [2.24, 2.45) is 0 Å². The summed E-state index contributed by atoms with van der Waals surface area (Å²) in [6.07, 6.45) is 2.55. The van der Waals surface area contributed by atoms with Gasteiger partial charge < -0.3 is 15.5 Å². The minimum absolute atomic E-state index is 0.0465. The van der Waals surface area contributed by atoms with Crippen LogP contribution in [0.2, 0.25) is 0 Å². The molecule has 0 aliphatic heterocycles. The second-order valence-corrected chi connectivity index (χ2v) is 7.64. The molecular formula is C22H23FN4O3. The Hall–Kier alpha value is -3.39. The fourth-order valence-corrected chi connectivity index (χ4v) is 3.78. The van der Waals surface area contributed by atoms with Crippen molar-refractivity contribution in [2.45, 2.75) is 31.7 Å². The third-order valence-electron chi connectivity index (χ3n) is 5.42. The van der Waals surface area contributed by atoms with Gasteiger partial charge in [0.1, 0.15) is 11.6 Å². The molecule has 1 heterocycles. The van der Waals surface area contributed by atoms with Crippen molar-refractivity contribution >= 4 is 11.8 Å². The van der Waals surface area contributed by atoms with Crippen LogP contribution in [0.3, 0.4) is 0 Å². The summed E-state index contributed by atoms with van der Waals surface area (Å²) in [6, 6.07) is 11.9. The molecule has 8 heteroatoms. The van der Waals surface area contributed by atoms with Gasteiger partial charge in [-0.3, -0.25) is 5.32 Å². The van der Waals surface area contributed by atoms with Crippen molar-refractivity contribution in [3.8, 4) is 11.4 Å². The molecule has 1 unspecified atom stereocenters. The second-order valence-electron chi connectivity index (χ2n) is 7.64. The Morgan fingerprint density at radius 1 is 1.23 bits per heavy atom. The predicted molar refractivity (Wildman–Crippen MR) is 110 cm³/mol. The average Bonchev–Trinajstić information content (AvgIpc) is 3.32. The minimum Gasteiger partial charge on any atom is -0.508 e. The van der Waals surface area contributed by atoms with Crippen LogP contribution < -0.4 is 10.6 Å². The molecule has 3 aromatic rings.